The molecule has 0 saturated heterocycles. The SMILES string of the molecule is COc1c(F)cccc1C(=O)CCl. The molecular formula is C9H8ClFO2. The van der Waals surface area contributed by atoms with E-state index in [1.54, 1.807) is 0 Å². The summed E-state index contributed by atoms with van der Waals surface area (Å²) in [6.07, 6.45) is 0. The predicted molar refractivity (Wildman–Crippen MR) is 48.0 cm³/mol. The molecule has 0 aliphatic rings. The Morgan fingerprint density at radius 3 is 2.85 bits per heavy atom. The molecule has 0 atom stereocenters. The van der Waals surface area contributed by atoms with Gasteiger partial charge in [0.2, 0.25) is 0 Å². The number of carbonyl (C=O) groups is 1. The molecule has 0 N–H and O–H groups in total. The number of carbonyl (C=O) groups excluding carboxylic acids is 1. The van der Waals surface area contributed by atoms with E-state index in [2.05, 4.69) is 0 Å². The number of ketones is 1. The number of ether oxygens (including phenoxy) is 1. The summed E-state index contributed by atoms with van der Waals surface area (Å²) in [6.45, 7) is 0. The second-order valence-electron chi connectivity index (χ2n) is 2.38. The zero-order valence-electron chi connectivity index (χ0n) is 7.01. The van der Waals surface area contributed by atoms with E-state index in [0.717, 1.165) is 0 Å². The Morgan fingerprint density at radius 1 is 1.62 bits per heavy atom. The number of alkyl halides is 1. The van der Waals surface area contributed by atoms with Gasteiger partial charge < -0.3 is 4.74 Å². The van der Waals surface area contributed by atoms with Crippen molar-refractivity contribution >= 4 is 17.4 Å². The van der Waals surface area contributed by atoms with E-state index >= 15 is 0 Å². The first-order valence-electron chi connectivity index (χ1n) is 3.62. The standard InChI is InChI=1S/C9H8ClFO2/c1-13-9-6(8(12)5-10)3-2-4-7(9)11/h2-4H,5H2,1H3. The minimum atomic E-state index is -0.557. The minimum Gasteiger partial charge on any atom is -0.493 e. The molecule has 1 aromatic carbocycles. The van der Waals surface area contributed by atoms with Crippen LogP contribution in [0.15, 0.2) is 18.2 Å². The highest BCUT2D eigenvalue weighted by molar-refractivity contribution is 6.30. The molecule has 70 valence electrons. The van der Waals surface area contributed by atoms with Gasteiger partial charge in [0, 0.05) is 0 Å². The van der Waals surface area contributed by atoms with E-state index in [4.69, 9.17) is 16.3 Å². The largest absolute Gasteiger partial charge is 0.493 e. The summed E-state index contributed by atoms with van der Waals surface area (Å²) in [7, 11) is 1.31. The van der Waals surface area contributed by atoms with Crippen molar-refractivity contribution in [3.63, 3.8) is 0 Å². The molecule has 2 nitrogen and oxygen atoms in total. The van der Waals surface area contributed by atoms with E-state index in [9.17, 15) is 9.18 Å². The van der Waals surface area contributed by atoms with Crippen LogP contribution in [0.5, 0.6) is 5.75 Å². The monoisotopic (exact) mass is 202 g/mol. The maximum absolute atomic E-state index is 13.0. The van der Waals surface area contributed by atoms with Gasteiger partial charge in [0.25, 0.3) is 0 Å². The van der Waals surface area contributed by atoms with Crippen LogP contribution in [0.25, 0.3) is 0 Å². The van der Waals surface area contributed by atoms with E-state index in [1.807, 2.05) is 0 Å². The number of Topliss-reactive ketones (excluding diaryl/α,β-unsaturated/α-hetero) is 1. The first kappa shape index (κ1) is 9.99. The topological polar surface area (TPSA) is 26.3 Å². The summed E-state index contributed by atoms with van der Waals surface area (Å²) in [5, 5.41) is 0. The number of hydrogen-bond donors (Lipinski definition) is 0. The van der Waals surface area contributed by atoms with E-state index < -0.39 is 5.82 Å². The quantitative estimate of drug-likeness (QED) is 0.555. The summed E-state index contributed by atoms with van der Waals surface area (Å²) in [5.41, 5.74) is 0.178. The van der Waals surface area contributed by atoms with Crippen molar-refractivity contribution in [2.45, 2.75) is 0 Å². The Labute approximate surface area is 80.3 Å². The van der Waals surface area contributed by atoms with Gasteiger partial charge in [0.15, 0.2) is 17.3 Å². The van der Waals surface area contributed by atoms with Crippen molar-refractivity contribution in [2.75, 3.05) is 13.0 Å². The van der Waals surface area contributed by atoms with Gasteiger partial charge in [-0.25, -0.2) is 4.39 Å². The number of methoxy groups -OCH3 is 1. The number of benzene rings is 1. The van der Waals surface area contributed by atoms with Gasteiger partial charge in [-0.05, 0) is 12.1 Å². The van der Waals surface area contributed by atoms with Crippen LogP contribution in [0, 0.1) is 5.82 Å². The number of halogens is 2. The minimum absolute atomic E-state index is 0.0480. The Kier molecular flexibility index (Phi) is 3.25. The van der Waals surface area contributed by atoms with Gasteiger partial charge in [-0.3, -0.25) is 4.79 Å². The molecule has 0 spiro atoms. The fraction of sp³-hybridized carbons (Fsp3) is 0.222. The third-order valence-corrected chi connectivity index (χ3v) is 1.84. The molecule has 0 aliphatic carbocycles. The van der Waals surface area contributed by atoms with E-state index in [-0.39, 0.29) is 23.0 Å². The normalized spacial score (nSPS) is 9.77. The molecule has 4 heteroatoms. The van der Waals surface area contributed by atoms with Crippen molar-refractivity contribution in [1.82, 2.24) is 0 Å². The van der Waals surface area contributed by atoms with Gasteiger partial charge in [-0.2, -0.15) is 0 Å². The predicted octanol–water partition coefficient (Wildman–Crippen LogP) is 2.26. The number of hydrogen-bond acceptors (Lipinski definition) is 2. The van der Waals surface area contributed by atoms with Crippen LogP contribution >= 0.6 is 11.6 Å². The van der Waals surface area contributed by atoms with Gasteiger partial charge in [-0.1, -0.05) is 6.07 Å². The lowest BCUT2D eigenvalue weighted by atomic mass is 10.1. The van der Waals surface area contributed by atoms with E-state index in [0.29, 0.717) is 0 Å². The van der Waals surface area contributed by atoms with Crippen molar-refractivity contribution in [3.8, 4) is 5.75 Å². The summed E-state index contributed by atoms with van der Waals surface area (Å²) in [6, 6.07) is 4.15. The number of rotatable bonds is 3. The second-order valence-corrected chi connectivity index (χ2v) is 2.64. The van der Waals surface area contributed by atoms with Gasteiger partial charge in [0.05, 0.1) is 18.6 Å². The smallest absolute Gasteiger partial charge is 0.181 e. The van der Waals surface area contributed by atoms with Crippen LogP contribution in [0.4, 0.5) is 4.39 Å². The average Bonchev–Trinajstić information content (AvgIpc) is 2.16. The molecule has 0 bridgehead atoms. The fourth-order valence-corrected chi connectivity index (χ4v) is 1.15. The molecule has 0 heterocycles. The summed E-state index contributed by atoms with van der Waals surface area (Å²) in [4.78, 5) is 11.2. The molecule has 0 unspecified atom stereocenters. The molecular weight excluding hydrogens is 195 g/mol. The number of para-hydroxylation sites is 1. The van der Waals surface area contributed by atoms with Crippen LogP contribution in [0.2, 0.25) is 0 Å². The first-order valence-corrected chi connectivity index (χ1v) is 4.15. The molecule has 1 rings (SSSR count). The van der Waals surface area contributed by atoms with Crippen molar-refractivity contribution in [2.24, 2.45) is 0 Å². The van der Waals surface area contributed by atoms with Crippen LogP contribution < -0.4 is 4.74 Å². The van der Waals surface area contributed by atoms with Gasteiger partial charge in [-0.15, -0.1) is 11.6 Å². The first-order chi connectivity index (χ1) is 6.20. The molecule has 0 saturated carbocycles. The van der Waals surface area contributed by atoms with Crippen LogP contribution in [-0.4, -0.2) is 18.8 Å². The summed E-state index contributed by atoms with van der Waals surface area (Å²) < 4.78 is 17.8. The van der Waals surface area contributed by atoms with Crippen molar-refractivity contribution in [3.05, 3.63) is 29.6 Å². The molecule has 0 aliphatic heterocycles. The average molecular weight is 203 g/mol. The second kappa shape index (κ2) is 4.23. The van der Waals surface area contributed by atoms with Crippen LogP contribution in [0.1, 0.15) is 10.4 Å². The highest BCUT2D eigenvalue weighted by atomic mass is 35.5. The van der Waals surface area contributed by atoms with Gasteiger partial charge in [0.1, 0.15) is 0 Å². The molecule has 0 fully saturated rings. The Hall–Kier alpha value is -1.09. The highest BCUT2D eigenvalue weighted by Gasteiger charge is 2.14. The fourth-order valence-electron chi connectivity index (χ4n) is 1.01. The third kappa shape index (κ3) is 1.98. The van der Waals surface area contributed by atoms with Crippen LogP contribution in [0.3, 0.4) is 0 Å². The van der Waals surface area contributed by atoms with Crippen LogP contribution in [-0.2, 0) is 0 Å². The Balaban J connectivity index is 3.20. The van der Waals surface area contributed by atoms with Crippen molar-refractivity contribution < 1.29 is 13.9 Å². The zero-order chi connectivity index (χ0) is 9.84. The molecule has 0 amide bonds. The summed E-state index contributed by atoms with van der Waals surface area (Å²) >= 11 is 5.34. The highest BCUT2D eigenvalue weighted by Crippen LogP contribution is 2.22. The molecule has 0 aromatic heterocycles. The summed E-state index contributed by atoms with van der Waals surface area (Å²) in [5.74, 6) is -1.13. The lowest BCUT2D eigenvalue weighted by Gasteiger charge is -2.06. The molecule has 13 heavy (non-hydrogen) atoms. The third-order valence-electron chi connectivity index (χ3n) is 1.59. The lowest BCUT2D eigenvalue weighted by Crippen LogP contribution is -2.04. The van der Waals surface area contributed by atoms with Gasteiger partial charge >= 0.3 is 0 Å². The van der Waals surface area contributed by atoms with E-state index in [1.165, 1.54) is 25.3 Å². The van der Waals surface area contributed by atoms with Crippen molar-refractivity contribution in [1.29, 1.82) is 0 Å². The molecule has 0 radical (unpaired) electrons. The lowest BCUT2D eigenvalue weighted by molar-refractivity contribution is 0.101. The maximum Gasteiger partial charge on any atom is 0.181 e. The zero-order valence-corrected chi connectivity index (χ0v) is 7.77. The maximum atomic E-state index is 13.0. The Morgan fingerprint density at radius 2 is 2.31 bits per heavy atom. The molecule has 1 aromatic rings. The Bertz CT molecular complexity index is 325.